The molecular formula is C10H15BrN4O. The van der Waals surface area contributed by atoms with Gasteiger partial charge in [-0.05, 0) is 28.8 Å². The maximum absolute atomic E-state index is 5.93. The third-order valence-corrected chi connectivity index (χ3v) is 3.18. The molecule has 0 bridgehead atoms. The summed E-state index contributed by atoms with van der Waals surface area (Å²) in [6.07, 6.45) is 3.87. The standard InChI is InChI=1S/C10H15BrN4O/c1-16-9-8(11)5-13-10(14-9)15-4-2-3-7(12)6-15/h5,7H,2-4,6,12H2,1H3. The molecule has 0 saturated carbocycles. The lowest BCUT2D eigenvalue weighted by Crippen LogP contribution is -2.43. The summed E-state index contributed by atoms with van der Waals surface area (Å²) in [6, 6.07) is 0.215. The molecule has 0 aromatic carbocycles. The van der Waals surface area contributed by atoms with Crippen LogP contribution in [-0.2, 0) is 0 Å². The van der Waals surface area contributed by atoms with Gasteiger partial charge in [-0.1, -0.05) is 0 Å². The molecule has 16 heavy (non-hydrogen) atoms. The Balaban J connectivity index is 2.19. The Morgan fingerprint density at radius 1 is 1.62 bits per heavy atom. The van der Waals surface area contributed by atoms with E-state index in [0.717, 1.165) is 30.4 Å². The van der Waals surface area contributed by atoms with Crippen molar-refractivity contribution in [2.75, 3.05) is 25.1 Å². The number of halogens is 1. The first-order valence-corrected chi connectivity index (χ1v) is 6.07. The predicted octanol–water partition coefficient (Wildman–Crippen LogP) is 1.18. The molecular weight excluding hydrogens is 272 g/mol. The summed E-state index contributed by atoms with van der Waals surface area (Å²) in [5, 5.41) is 0. The van der Waals surface area contributed by atoms with Gasteiger partial charge in [0.1, 0.15) is 0 Å². The highest BCUT2D eigenvalue weighted by Crippen LogP contribution is 2.24. The average molecular weight is 287 g/mol. The highest BCUT2D eigenvalue weighted by Gasteiger charge is 2.19. The SMILES string of the molecule is COc1nc(N2CCCC(N)C2)ncc1Br. The second-order valence-corrected chi connectivity index (χ2v) is 4.73. The summed E-state index contributed by atoms with van der Waals surface area (Å²) in [4.78, 5) is 10.7. The van der Waals surface area contributed by atoms with E-state index >= 15 is 0 Å². The highest BCUT2D eigenvalue weighted by atomic mass is 79.9. The number of hydrogen-bond donors (Lipinski definition) is 1. The van der Waals surface area contributed by atoms with Crippen molar-refractivity contribution >= 4 is 21.9 Å². The molecule has 2 heterocycles. The van der Waals surface area contributed by atoms with Crippen LogP contribution in [0.1, 0.15) is 12.8 Å². The van der Waals surface area contributed by atoms with E-state index in [4.69, 9.17) is 10.5 Å². The zero-order chi connectivity index (χ0) is 11.5. The van der Waals surface area contributed by atoms with E-state index in [9.17, 15) is 0 Å². The van der Waals surface area contributed by atoms with Crippen LogP contribution in [0.2, 0.25) is 0 Å². The molecule has 1 aliphatic rings. The van der Waals surface area contributed by atoms with Crippen LogP contribution in [0.5, 0.6) is 5.88 Å². The van der Waals surface area contributed by atoms with Crippen molar-refractivity contribution in [2.45, 2.75) is 18.9 Å². The fourth-order valence-corrected chi connectivity index (χ4v) is 2.18. The molecule has 1 saturated heterocycles. The van der Waals surface area contributed by atoms with Gasteiger partial charge in [-0.25, -0.2) is 4.98 Å². The molecule has 0 radical (unpaired) electrons. The molecule has 1 aromatic rings. The van der Waals surface area contributed by atoms with E-state index in [1.165, 1.54) is 0 Å². The van der Waals surface area contributed by atoms with Gasteiger partial charge in [0.2, 0.25) is 11.8 Å². The van der Waals surface area contributed by atoms with Crippen LogP contribution in [0.3, 0.4) is 0 Å². The Labute approximate surface area is 103 Å². The fourth-order valence-electron chi connectivity index (χ4n) is 1.83. The molecule has 0 aliphatic carbocycles. The van der Waals surface area contributed by atoms with Gasteiger partial charge < -0.3 is 15.4 Å². The number of rotatable bonds is 2. The van der Waals surface area contributed by atoms with Gasteiger partial charge in [-0.2, -0.15) is 4.98 Å². The van der Waals surface area contributed by atoms with Crippen molar-refractivity contribution in [2.24, 2.45) is 5.73 Å². The first-order chi connectivity index (χ1) is 7.70. The van der Waals surface area contributed by atoms with Crippen molar-refractivity contribution in [3.8, 4) is 5.88 Å². The summed E-state index contributed by atoms with van der Waals surface area (Å²) >= 11 is 3.33. The van der Waals surface area contributed by atoms with Crippen LogP contribution in [0.15, 0.2) is 10.7 Å². The van der Waals surface area contributed by atoms with Gasteiger partial charge in [0.25, 0.3) is 0 Å². The lowest BCUT2D eigenvalue weighted by molar-refractivity contribution is 0.392. The molecule has 0 amide bonds. The fraction of sp³-hybridized carbons (Fsp3) is 0.600. The Hall–Kier alpha value is -0.880. The van der Waals surface area contributed by atoms with E-state index in [2.05, 4.69) is 30.8 Å². The van der Waals surface area contributed by atoms with Gasteiger partial charge in [-0.15, -0.1) is 0 Å². The molecule has 2 rings (SSSR count). The Kier molecular flexibility index (Phi) is 3.60. The highest BCUT2D eigenvalue weighted by molar-refractivity contribution is 9.10. The van der Waals surface area contributed by atoms with Crippen molar-refractivity contribution in [3.05, 3.63) is 10.7 Å². The first-order valence-electron chi connectivity index (χ1n) is 5.27. The molecule has 5 nitrogen and oxygen atoms in total. The summed E-state index contributed by atoms with van der Waals surface area (Å²) in [6.45, 7) is 1.77. The molecule has 1 unspecified atom stereocenters. The van der Waals surface area contributed by atoms with Crippen LogP contribution in [-0.4, -0.2) is 36.2 Å². The van der Waals surface area contributed by atoms with E-state index in [-0.39, 0.29) is 6.04 Å². The third kappa shape index (κ3) is 2.44. The largest absolute Gasteiger partial charge is 0.480 e. The minimum absolute atomic E-state index is 0.215. The molecule has 1 fully saturated rings. The number of nitrogens with two attached hydrogens (primary N) is 1. The maximum Gasteiger partial charge on any atom is 0.232 e. The summed E-state index contributed by atoms with van der Waals surface area (Å²) in [5.41, 5.74) is 5.93. The molecule has 1 atom stereocenters. The van der Waals surface area contributed by atoms with Crippen molar-refractivity contribution in [3.63, 3.8) is 0 Å². The second kappa shape index (κ2) is 4.97. The number of ether oxygens (including phenoxy) is 1. The predicted molar refractivity (Wildman–Crippen MR) is 65.7 cm³/mol. The summed E-state index contributed by atoms with van der Waals surface area (Å²) in [5.74, 6) is 1.25. The molecule has 1 aromatic heterocycles. The van der Waals surface area contributed by atoms with E-state index in [1.54, 1.807) is 13.3 Å². The number of piperidine rings is 1. The van der Waals surface area contributed by atoms with Gasteiger partial charge >= 0.3 is 0 Å². The van der Waals surface area contributed by atoms with Gasteiger partial charge in [0.15, 0.2) is 0 Å². The molecule has 2 N–H and O–H groups in total. The van der Waals surface area contributed by atoms with Gasteiger partial charge in [0, 0.05) is 19.1 Å². The molecule has 0 spiro atoms. The molecule has 88 valence electrons. The van der Waals surface area contributed by atoms with Crippen LogP contribution < -0.4 is 15.4 Å². The normalized spacial score (nSPS) is 20.9. The lowest BCUT2D eigenvalue weighted by Gasteiger charge is -2.30. The van der Waals surface area contributed by atoms with Crippen LogP contribution in [0.25, 0.3) is 0 Å². The lowest BCUT2D eigenvalue weighted by atomic mass is 10.1. The Morgan fingerprint density at radius 2 is 2.44 bits per heavy atom. The Bertz CT molecular complexity index is 374. The number of anilines is 1. The van der Waals surface area contributed by atoms with Crippen molar-refractivity contribution in [1.82, 2.24) is 9.97 Å². The van der Waals surface area contributed by atoms with Crippen LogP contribution in [0.4, 0.5) is 5.95 Å². The van der Waals surface area contributed by atoms with Crippen LogP contribution >= 0.6 is 15.9 Å². The van der Waals surface area contributed by atoms with Crippen molar-refractivity contribution < 1.29 is 4.74 Å². The summed E-state index contributed by atoms with van der Waals surface area (Å²) < 4.78 is 5.91. The molecule has 1 aliphatic heterocycles. The average Bonchev–Trinajstić information content (AvgIpc) is 2.29. The monoisotopic (exact) mass is 286 g/mol. The van der Waals surface area contributed by atoms with E-state index in [0.29, 0.717) is 11.8 Å². The zero-order valence-corrected chi connectivity index (χ0v) is 10.8. The summed E-state index contributed by atoms with van der Waals surface area (Å²) in [7, 11) is 1.60. The minimum Gasteiger partial charge on any atom is -0.480 e. The quantitative estimate of drug-likeness (QED) is 0.884. The topological polar surface area (TPSA) is 64.3 Å². The van der Waals surface area contributed by atoms with E-state index in [1.807, 2.05) is 0 Å². The minimum atomic E-state index is 0.215. The Morgan fingerprint density at radius 3 is 3.12 bits per heavy atom. The van der Waals surface area contributed by atoms with Gasteiger partial charge in [0.05, 0.1) is 17.8 Å². The number of methoxy groups -OCH3 is 1. The first kappa shape index (κ1) is 11.6. The molecule has 6 heteroatoms. The van der Waals surface area contributed by atoms with Crippen LogP contribution in [0, 0.1) is 0 Å². The number of nitrogens with zero attached hydrogens (tertiary/aromatic N) is 3. The second-order valence-electron chi connectivity index (χ2n) is 3.88. The number of hydrogen-bond acceptors (Lipinski definition) is 5. The number of aromatic nitrogens is 2. The van der Waals surface area contributed by atoms with Crippen molar-refractivity contribution in [1.29, 1.82) is 0 Å². The third-order valence-electron chi connectivity index (χ3n) is 2.63. The van der Waals surface area contributed by atoms with E-state index < -0.39 is 0 Å². The smallest absolute Gasteiger partial charge is 0.232 e. The maximum atomic E-state index is 5.93. The van der Waals surface area contributed by atoms with Gasteiger partial charge in [-0.3, -0.25) is 0 Å². The zero-order valence-electron chi connectivity index (χ0n) is 9.19.